The molecule has 13 heteroatoms. The SMILES string of the molecule is CNC(=O)C[C@]12CC(=O)O[B-](C(CC(=O)[C@H](Cc3ccccc3)NC(=O)c3cnccn3)CC(C)C)(OC1=O)O2. The molecule has 0 spiro atoms. The Bertz CT molecular complexity index is 1280. The summed E-state index contributed by atoms with van der Waals surface area (Å²) < 4.78 is 17.3. The van der Waals surface area contributed by atoms with E-state index < -0.39 is 60.8 Å². The van der Waals surface area contributed by atoms with E-state index >= 15 is 0 Å². The van der Waals surface area contributed by atoms with Gasteiger partial charge in [-0.1, -0.05) is 56.4 Å². The summed E-state index contributed by atoms with van der Waals surface area (Å²) in [7, 11) is 1.40. The molecule has 0 aliphatic carbocycles. The van der Waals surface area contributed by atoms with E-state index in [0.717, 1.165) is 5.56 Å². The number of benzene rings is 1. The first-order chi connectivity index (χ1) is 19.1. The van der Waals surface area contributed by atoms with Crippen molar-refractivity contribution in [2.45, 2.75) is 63.4 Å². The number of nitrogens with zero attached hydrogens (tertiary/aromatic N) is 2. The van der Waals surface area contributed by atoms with Crippen molar-refractivity contribution in [3.8, 4) is 0 Å². The Morgan fingerprint density at radius 2 is 1.85 bits per heavy atom. The van der Waals surface area contributed by atoms with Crippen molar-refractivity contribution in [2.75, 3.05) is 7.05 Å². The lowest BCUT2D eigenvalue weighted by atomic mass is 9.57. The normalized spacial score (nSPS) is 23.1. The molecule has 212 valence electrons. The van der Waals surface area contributed by atoms with E-state index in [1.165, 1.54) is 25.6 Å². The fraction of sp³-hybridized carbons (Fsp3) is 0.444. The third-order valence-corrected chi connectivity index (χ3v) is 7.07. The summed E-state index contributed by atoms with van der Waals surface area (Å²) in [6, 6.07) is 8.18. The minimum absolute atomic E-state index is 0.00678. The van der Waals surface area contributed by atoms with Crippen LogP contribution in [0.2, 0.25) is 5.82 Å². The van der Waals surface area contributed by atoms with Crippen molar-refractivity contribution < 1.29 is 37.9 Å². The van der Waals surface area contributed by atoms with Crippen molar-refractivity contribution in [1.82, 2.24) is 20.6 Å². The number of ketones is 1. The number of Topliss-reactive ketones (excluding diaryl/α,β-unsaturated/α-hetero) is 1. The van der Waals surface area contributed by atoms with E-state index in [4.69, 9.17) is 14.0 Å². The molecule has 2 aliphatic rings. The predicted molar refractivity (Wildman–Crippen MR) is 141 cm³/mol. The van der Waals surface area contributed by atoms with E-state index in [9.17, 15) is 24.0 Å². The van der Waals surface area contributed by atoms with Gasteiger partial charge in [-0.15, -0.1) is 0 Å². The Hall–Kier alpha value is -4.13. The van der Waals surface area contributed by atoms with Gasteiger partial charge in [0, 0.05) is 19.4 Å². The van der Waals surface area contributed by atoms with Gasteiger partial charge in [0.05, 0.1) is 25.1 Å². The number of nitrogens with one attached hydrogen (secondary N) is 2. The highest BCUT2D eigenvalue weighted by Crippen LogP contribution is 2.48. The van der Waals surface area contributed by atoms with Gasteiger partial charge in [-0.2, -0.15) is 0 Å². The van der Waals surface area contributed by atoms with Crippen LogP contribution in [0.3, 0.4) is 0 Å². The maximum absolute atomic E-state index is 13.8. The topological polar surface area (TPSA) is 163 Å². The number of fused-ring (bicyclic) bond motifs is 2. The Labute approximate surface area is 231 Å². The molecule has 2 N–H and O–H groups in total. The van der Waals surface area contributed by atoms with Crippen LogP contribution in [0.1, 0.15) is 55.6 Å². The van der Waals surface area contributed by atoms with Crippen LogP contribution in [-0.4, -0.2) is 64.9 Å². The molecule has 2 aliphatic heterocycles. The van der Waals surface area contributed by atoms with Crippen LogP contribution in [0, 0.1) is 5.92 Å². The van der Waals surface area contributed by atoms with Crippen molar-refractivity contribution in [2.24, 2.45) is 5.92 Å². The second-order valence-electron chi connectivity index (χ2n) is 10.6. The molecule has 2 unspecified atom stereocenters. The zero-order chi connectivity index (χ0) is 28.9. The minimum atomic E-state index is -3.04. The summed E-state index contributed by atoms with van der Waals surface area (Å²) in [4.78, 5) is 72.6. The lowest BCUT2D eigenvalue weighted by molar-refractivity contribution is -0.156. The van der Waals surface area contributed by atoms with Crippen molar-refractivity contribution in [1.29, 1.82) is 0 Å². The monoisotopic (exact) mass is 551 g/mol. The highest BCUT2D eigenvalue weighted by atomic mass is 16.8. The van der Waals surface area contributed by atoms with Gasteiger partial charge in [0.2, 0.25) is 5.91 Å². The Kier molecular flexibility index (Phi) is 8.62. The predicted octanol–water partition coefficient (Wildman–Crippen LogP) is 1.53. The Morgan fingerprint density at radius 3 is 2.50 bits per heavy atom. The van der Waals surface area contributed by atoms with Crippen LogP contribution in [0.5, 0.6) is 0 Å². The molecule has 0 saturated carbocycles. The number of hydrogen-bond acceptors (Lipinski definition) is 10. The Balaban J connectivity index is 1.62. The van der Waals surface area contributed by atoms with Gasteiger partial charge in [-0.25, -0.2) is 4.98 Å². The molecule has 1 aromatic heterocycles. The number of rotatable bonds is 12. The molecule has 0 radical (unpaired) electrons. The van der Waals surface area contributed by atoms with Crippen molar-refractivity contribution in [3.05, 3.63) is 60.2 Å². The molecule has 2 fully saturated rings. The zero-order valence-corrected chi connectivity index (χ0v) is 22.6. The standard InChI is InChI=1S/C27H32BN4O8/c1-17(2)11-19(28-38-24(35)15-27(40-28,26(37)39-28)14-23(34)29-3)13-22(33)20(12-18-7-5-4-6-8-18)32-25(36)21-16-30-9-10-31-21/h4-10,16-17,19-20H,11-15H2,1-3H3,(H,29,34)(H,32,36)/q-1/t19?,20-,27-,28?/m0/s1. The van der Waals surface area contributed by atoms with E-state index in [2.05, 4.69) is 20.6 Å². The van der Waals surface area contributed by atoms with E-state index in [1.54, 1.807) is 0 Å². The van der Waals surface area contributed by atoms with Gasteiger partial charge >= 0.3 is 6.75 Å². The zero-order valence-electron chi connectivity index (χ0n) is 22.6. The summed E-state index contributed by atoms with van der Waals surface area (Å²) in [5.41, 5.74) is -0.970. The quantitative estimate of drug-likeness (QED) is 0.370. The van der Waals surface area contributed by atoms with Crippen LogP contribution in [-0.2, 0) is 39.6 Å². The highest BCUT2D eigenvalue weighted by Gasteiger charge is 2.64. The molecule has 2 bridgehead atoms. The summed E-state index contributed by atoms with van der Waals surface area (Å²) in [5, 5.41) is 5.18. The van der Waals surface area contributed by atoms with Gasteiger partial charge in [0.25, 0.3) is 17.8 Å². The van der Waals surface area contributed by atoms with Gasteiger partial charge in [-0.05, 0) is 24.3 Å². The van der Waals surface area contributed by atoms with Gasteiger partial charge in [0.15, 0.2) is 5.78 Å². The lowest BCUT2D eigenvalue weighted by Crippen LogP contribution is -2.56. The smallest absolute Gasteiger partial charge is 0.499 e. The molecule has 2 saturated heterocycles. The summed E-state index contributed by atoms with van der Waals surface area (Å²) in [6.07, 6.45) is 3.45. The first-order valence-electron chi connectivity index (χ1n) is 13.2. The maximum atomic E-state index is 13.8. The molecule has 1 aromatic carbocycles. The number of carbonyl (C=O) groups is 5. The highest BCUT2D eigenvalue weighted by molar-refractivity contribution is 6.68. The number of aromatic nitrogens is 2. The molecule has 2 aromatic rings. The van der Waals surface area contributed by atoms with Crippen LogP contribution in [0.15, 0.2) is 48.9 Å². The van der Waals surface area contributed by atoms with Crippen LogP contribution < -0.4 is 10.6 Å². The van der Waals surface area contributed by atoms with E-state index in [0.29, 0.717) is 6.42 Å². The van der Waals surface area contributed by atoms with Gasteiger partial charge in [0.1, 0.15) is 11.3 Å². The summed E-state index contributed by atoms with van der Waals surface area (Å²) in [5.74, 6) is -3.95. The first-order valence-corrected chi connectivity index (χ1v) is 13.2. The molecular weight excluding hydrogens is 519 g/mol. The summed E-state index contributed by atoms with van der Waals surface area (Å²) in [6.45, 7) is 0.770. The van der Waals surface area contributed by atoms with E-state index in [1.807, 2.05) is 44.2 Å². The molecule has 40 heavy (non-hydrogen) atoms. The number of carbonyl (C=O) groups excluding carboxylic acids is 5. The van der Waals surface area contributed by atoms with Gasteiger partial charge in [-0.3, -0.25) is 29.0 Å². The number of amides is 2. The number of hydrogen-bond donors (Lipinski definition) is 2. The van der Waals surface area contributed by atoms with Crippen LogP contribution in [0.25, 0.3) is 0 Å². The molecular formula is C27H32BN4O8-. The fourth-order valence-electron chi connectivity index (χ4n) is 5.22. The molecule has 4 atom stereocenters. The average molecular weight is 551 g/mol. The molecule has 4 rings (SSSR count). The van der Waals surface area contributed by atoms with Gasteiger partial charge < -0.3 is 24.6 Å². The fourth-order valence-corrected chi connectivity index (χ4v) is 5.22. The van der Waals surface area contributed by atoms with Crippen LogP contribution in [0.4, 0.5) is 0 Å². The summed E-state index contributed by atoms with van der Waals surface area (Å²) >= 11 is 0. The molecule has 3 heterocycles. The maximum Gasteiger partial charge on any atom is 0.499 e. The second-order valence-corrected chi connectivity index (χ2v) is 10.6. The van der Waals surface area contributed by atoms with E-state index in [-0.39, 0.29) is 30.2 Å². The third kappa shape index (κ3) is 6.36. The van der Waals surface area contributed by atoms with Crippen molar-refractivity contribution >= 4 is 36.3 Å². The minimum Gasteiger partial charge on any atom is -0.633 e. The average Bonchev–Trinajstić information content (AvgIpc) is 3.13. The molecule has 2 amide bonds. The first kappa shape index (κ1) is 28.9. The Morgan fingerprint density at radius 1 is 1.10 bits per heavy atom. The molecule has 12 nitrogen and oxygen atoms in total. The second kappa shape index (κ2) is 11.9. The lowest BCUT2D eigenvalue weighted by Gasteiger charge is -2.46. The van der Waals surface area contributed by atoms with Crippen LogP contribution >= 0.6 is 0 Å². The third-order valence-electron chi connectivity index (χ3n) is 7.07. The largest absolute Gasteiger partial charge is 0.633 e. The van der Waals surface area contributed by atoms with Crippen molar-refractivity contribution in [3.63, 3.8) is 0 Å².